The fraction of sp³-hybridized carbons (Fsp3) is 0.500. The Hall–Kier alpha value is 1.82. The van der Waals surface area contributed by atoms with Gasteiger partial charge in [-0.3, -0.25) is 0 Å². The van der Waals surface area contributed by atoms with Crippen molar-refractivity contribution in [3.05, 3.63) is 0 Å². The number of aliphatic carboxylic acids is 2. The average molecular weight is 242 g/mol. The second kappa shape index (κ2) is 46.3. The predicted octanol–water partition coefficient (Wildman–Crippen LogP) is -11.6. The zero-order chi connectivity index (χ0) is 7.15. The van der Waals surface area contributed by atoms with Gasteiger partial charge in [-0.15, -0.1) is 0 Å². The molecular formula is C4H13Na3O7. The monoisotopic (exact) mass is 242 g/mol. The van der Waals surface area contributed by atoms with Gasteiger partial charge in [0, 0.05) is 11.9 Å². The molecule has 0 aliphatic heterocycles. The summed E-state index contributed by atoms with van der Waals surface area (Å²) in [4.78, 5) is 17.8. The fourth-order valence-electron chi connectivity index (χ4n) is 0. The Labute approximate surface area is 148 Å². The molecule has 0 unspecified atom stereocenters. The predicted molar refractivity (Wildman–Crippen MR) is 39.4 cm³/mol. The molecule has 0 aliphatic carbocycles. The van der Waals surface area contributed by atoms with E-state index in [0.717, 1.165) is 13.8 Å². The van der Waals surface area contributed by atoms with Crippen molar-refractivity contribution in [3.8, 4) is 0 Å². The Morgan fingerprint density at radius 1 is 0.786 bits per heavy atom. The van der Waals surface area contributed by atoms with Gasteiger partial charge < -0.3 is 36.2 Å². The van der Waals surface area contributed by atoms with Crippen LogP contribution in [0.5, 0.6) is 0 Å². The van der Waals surface area contributed by atoms with E-state index in [0.29, 0.717) is 0 Å². The molecule has 0 spiro atoms. The van der Waals surface area contributed by atoms with Crippen LogP contribution in [0, 0.1) is 0 Å². The molecule has 0 heterocycles. The molecule has 0 aromatic carbocycles. The van der Waals surface area contributed by atoms with Gasteiger partial charge in [-0.25, -0.2) is 0 Å². The third-order valence-electron chi connectivity index (χ3n) is 0. The first kappa shape index (κ1) is 56.8. The van der Waals surface area contributed by atoms with Crippen molar-refractivity contribution >= 4 is 41.5 Å². The normalized spacial score (nSPS) is 3.57. The van der Waals surface area contributed by atoms with Gasteiger partial charge in [0.05, 0.1) is 0 Å². The first-order chi connectivity index (χ1) is 3.46. The first-order valence-electron chi connectivity index (χ1n) is 1.82. The number of carboxylic acid groups (broad SMARTS) is 2. The van der Waals surface area contributed by atoms with E-state index in [9.17, 15) is 0 Å². The summed E-state index contributed by atoms with van der Waals surface area (Å²) in [6.45, 7) is 1.94. The molecule has 7 nitrogen and oxygen atoms in total. The van der Waals surface area contributed by atoms with Crippen LogP contribution in [0.15, 0.2) is 0 Å². The van der Waals surface area contributed by atoms with Crippen molar-refractivity contribution in [2.45, 2.75) is 13.8 Å². The van der Waals surface area contributed by atoms with Crippen molar-refractivity contribution in [1.82, 2.24) is 0 Å². The summed E-state index contributed by atoms with van der Waals surface area (Å²) < 4.78 is 0. The molecule has 0 saturated carbocycles. The SMILES string of the molecule is CC(=O)[O-].CC(=O)[O-].O.O.O.[Na+].[Na+].[NaH]. The minimum absolute atomic E-state index is 0. The zero-order valence-electron chi connectivity index (χ0n) is 8.13. The molecule has 0 radical (unpaired) electrons. The van der Waals surface area contributed by atoms with E-state index in [4.69, 9.17) is 19.8 Å². The van der Waals surface area contributed by atoms with E-state index in [1.165, 1.54) is 0 Å². The second-order valence-electron chi connectivity index (χ2n) is 0.983. The maximum atomic E-state index is 8.89. The molecule has 0 aromatic heterocycles. The van der Waals surface area contributed by atoms with Gasteiger partial charge in [-0.2, -0.15) is 0 Å². The van der Waals surface area contributed by atoms with Gasteiger partial charge in [0.15, 0.2) is 0 Å². The molecule has 0 atom stereocenters. The van der Waals surface area contributed by atoms with E-state index < -0.39 is 11.9 Å². The summed E-state index contributed by atoms with van der Waals surface area (Å²) >= 11 is 0. The van der Waals surface area contributed by atoms with Gasteiger partial charge >= 0.3 is 88.7 Å². The van der Waals surface area contributed by atoms with E-state index >= 15 is 0 Å². The van der Waals surface area contributed by atoms with Crippen LogP contribution in [-0.4, -0.2) is 57.9 Å². The van der Waals surface area contributed by atoms with Crippen LogP contribution >= 0.6 is 0 Å². The van der Waals surface area contributed by atoms with Crippen LogP contribution in [0.4, 0.5) is 0 Å². The van der Waals surface area contributed by atoms with Crippen LogP contribution in [0.1, 0.15) is 13.8 Å². The molecule has 0 bridgehead atoms. The van der Waals surface area contributed by atoms with E-state index in [1.54, 1.807) is 0 Å². The fourth-order valence-corrected chi connectivity index (χ4v) is 0. The third-order valence-corrected chi connectivity index (χ3v) is 0. The Kier molecular flexibility index (Phi) is 188. The molecule has 0 fully saturated rings. The van der Waals surface area contributed by atoms with Crippen molar-refractivity contribution in [1.29, 1.82) is 0 Å². The summed E-state index contributed by atoms with van der Waals surface area (Å²) in [5, 5.41) is 17.8. The molecule has 74 valence electrons. The van der Waals surface area contributed by atoms with Crippen molar-refractivity contribution in [2.75, 3.05) is 0 Å². The zero-order valence-corrected chi connectivity index (χ0v) is 12.1. The van der Waals surface area contributed by atoms with Gasteiger partial charge in [0.1, 0.15) is 0 Å². The standard InChI is InChI=1S/2C2H4O2.3Na.3H2O.H/c2*1-2(3)4;;;;;;;/h2*1H3,(H,3,4);;;;3*1H2;/q;;;2*+1;;;;/p-2. The Balaban J connectivity index is -0.00000000600. The molecule has 0 rings (SSSR count). The summed E-state index contributed by atoms with van der Waals surface area (Å²) in [7, 11) is 0. The molecular weight excluding hydrogens is 229 g/mol. The summed E-state index contributed by atoms with van der Waals surface area (Å²) in [5.41, 5.74) is 0. The number of hydrogen-bond acceptors (Lipinski definition) is 4. The molecule has 0 aromatic rings. The van der Waals surface area contributed by atoms with Crippen LogP contribution in [0.2, 0.25) is 0 Å². The maximum absolute atomic E-state index is 8.89. The number of carboxylic acids is 2. The Morgan fingerprint density at radius 3 is 0.786 bits per heavy atom. The number of hydrogen-bond donors (Lipinski definition) is 0. The second-order valence-corrected chi connectivity index (χ2v) is 0.983. The molecule has 0 amide bonds. The molecule has 10 heteroatoms. The first-order valence-corrected chi connectivity index (χ1v) is 1.82. The van der Waals surface area contributed by atoms with E-state index in [2.05, 4.69) is 0 Å². The molecule has 6 N–H and O–H groups in total. The molecule has 0 aliphatic rings. The van der Waals surface area contributed by atoms with Crippen LogP contribution in [-0.2, 0) is 9.59 Å². The van der Waals surface area contributed by atoms with Crippen LogP contribution in [0.25, 0.3) is 0 Å². The summed E-state index contributed by atoms with van der Waals surface area (Å²) in [6.07, 6.45) is 0. The quantitative estimate of drug-likeness (QED) is 0.383. The van der Waals surface area contributed by atoms with Gasteiger partial charge in [0.25, 0.3) is 0 Å². The minimum atomic E-state index is -1.08. The van der Waals surface area contributed by atoms with Gasteiger partial charge in [-0.05, 0) is 13.8 Å². The Bertz CT molecular complexity index is 78.9. The third kappa shape index (κ3) is 686. The van der Waals surface area contributed by atoms with Crippen molar-refractivity contribution < 1.29 is 95.3 Å². The number of carbonyl (C=O) groups is 2. The van der Waals surface area contributed by atoms with Crippen LogP contribution < -0.4 is 69.3 Å². The van der Waals surface area contributed by atoms with Gasteiger partial charge in [-0.1, -0.05) is 0 Å². The molecule has 14 heavy (non-hydrogen) atoms. The van der Waals surface area contributed by atoms with E-state index in [1.807, 2.05) is 0 Å². The topological polar surface area (TPSA) is 175 Å². The number of rotatable bonds is 0. The average Bonchev–Trinajstić information content (AvgIpc) is 1.25. The van der Waals surface area contributed by atoms with Crippen molar-refractivity contribution in [2.24, 2.45) is 0 Å². The molecule has 0 saturated heterocycles. The number of carbonyl (C=O) groups excluding carboxylic acids is 2. The Morgan fingerprint density at radius 2 is 0.786 bits per heavy atom. The summed E-state index contributed by atoms with van der Waals surface area (Å²) in [6, 6.07) is 0. The van der Waals surface area contributed by atoms with Gasteiger partial charge in [0.2, 0.25) is 0 Å². The van der Waals surface area contributed by atoms with Crippen molar-refractivity contribution in [3.63, 3.8) is 0 Å². The van der Waals surface area contributed by atoms with Crippen LogP contribution in [0.3, 0.4) is 0 Å². The van der Waals surface area contributed by atoms with E-state index in [-0.39, 0.29) is 105 Å². The summed E-state index contributed by atoms with van der Waals surface area (Å²) in [5.74, 6) is -2.17.